The fraction of sp³-hybridized carbons (Fsp3) is 0.250. The molecule has 0 bridgehead atoms. The van der Waals surface area contributed by atoms with Gasteiger partial charge in [0, 0.05) is 6.08 Å². The largest absolute Gasteiger partial charge is 0.494 e. The van der Waals surface area contributed by atoms with Gasteiger partial charge < -0.3 is 14.8 Å². The molecular weight excluding hydrogens is 270 g/mol. The number of ether oxygens (including phenoxy) is 2. The van der Waals surface area contributed by atoms with Gasteiger partial charge in [-0.3, -0.25) is 4.79 Å². The summed E-state index contributed by atoms with van der Waals surface area (Å²) in [4.78, 5) is 22.6. The molecule has 110 valence electrons. The smallest absolute Gasteiger partial charge is 0.331 e. The van der Waals surface area contributed by atoms with Crippen molar-refractivity contribution < 1.29 is 19.1 Å². The lowest BCUT2D eigenvalue weighted by Crippen LogP contribution is -2.28. The normalized spacial score (nSPS) is 9.90. The Morgan fingerprint density at radius 1 is 1.33 bits per heavy atom. The molecule has 1 N–H and O–H groups in total. The van der Waals surface area contributed by atoms with Crippen LogP contribution in [-0.2, 0) is 14.3 Å². The highest BCUT2D eigenvalue weighted by Crippen LogP contribution is 2.12. The molecule has 0 saturated heterocycles. The second-order valence-corrected chi connectivity index (χ2v) is 3.92. The van der Waals surface area contributed by atoms with Crippen LogP contribution in [-0.4, -0.2) is 31.6 Å². The van der Waals surface area contributed by atoms with E-state index in [1.807, 2.05) is 31.2 Å². The van der Waals surface area contributed by atoms with Gasteiger partial charge in [-0.2, -0.15) is 0 Å². The molecule has 5 heteroatoms. The van der Waals surface area contributed by atoms with Crippen LogP contribution < -0.4 is 10.1 Å². The molecular formula is C16H17NO4. The second kappa shape index (κ2) is 9.21. The summed E-state index contributed by atoms with van der Waals surface area (Å²) in [6.07, 6.45) is 7.83. The Morgan fingerprint density at radius 3 is 2.67 bits per heavy atom. The Kier molecular flexibility index (Phi) is 7.15. The van der Waals surface area contributed by atoms with Crippen LogP contribution in [0.3, 0.4) is 0 Å². The third-order valence-electron chi connectivity index (χ3n) is 2.34. The van der Waals surface area contributed by atoms with Gasteiger partial charge in [-0.05, 0) is 30.7 Å². The molecule has 0 heterocycles. The van der Waals surface area contributed by atoms with E-state index in [-0.39, 0.29) is 13.2 Å². The molecule has 1 aromatic carbocycles. The summed E-state index contributed by atoms with van der Waals surface area (Å²) in [5.74, 6) is 1.98. The maximum absolute atomic E-state index is 11.4. The van der Waals surface area contributed by atoms with Gasteiger partial charge in [0.05, 0.1) is 13.2 Å². The first kappa shape index (κ1) is 16.3. The number of hydrogen-bond donors (Lipinski definition) is 1. The molecule has 0 saturated carbocycles. The second-order valence-electron chi connectivity index (χ2n) is 3.92. The van der Waals surface area contributed by atoms with Gasteiger partial charge in [0.1, 0.15) is 5.75 Å². The zero-order chi connectivity index (χ0) is 15.5. The zero-order valence-corrected chi connectivity index (χ0v) is 11.8. The molecule has 0 unspecified atom stereocenters. The summed E-state index contributed by atoms with van der Waals surface area (Å²) in [6.45, 7) is 2.26. The van der Waals surface area contributed by atoms with Gasteiger partial charge in [0.15, 0.2) is 6.61 Å². The molecule has 0 radical (unpaired) electrons. The van der Waals surface area contributed by atoms with E-state index in [0.717, 1.165) is 11.3 Å². The van der Waals surface area contributed by atoms with Crippen molar-refractivity contribution in [1.82, 2.24) is 5.32 Å². The van der Waals surface area contributed by atoms with Crippen molar-refractivity contribution in [2.24, 2.45) is 0 Å². The fourth-order valence-electron chi connectivity index (χ4n) is 1.39. The standard InChI is InChI=1S/C16H17NO4/c1-3-11-17-15(18)12-21-16(19)10-7-13-5-8-14(9-6-13)20-4-2/h1,5-10H,4,11-12H2,2H3,(H,17,18)/b10-7+. The van der Waals surface area contributed by atoms with E-state index < -0.39 is 11.9 Å². The molecule has 1 amide bonds. The lowest BCUT2D eigenvalue weighted by Gasteiger charge is -2.03. The van der Waals surface area contributed by atoms with Gasteiger partial charge >= 0.3 is 5.97 Å². The van der Waals surface area contributed by atoms with Crippen molar-refractivity contribution in [3.05, 3.63) is 35.9 Å². The Morgan fingerprint density at radius 2 is 2.05 bits per heavy atom. The van der Waals surface area contributed by atoms with Crippen molar-refractivity contribution in [2.75, 3.05) is 19.8 Å². The Balaban J connectivity index is 2.39. The number of carbonyl (C=O) groups excluding carboxylic acids is 2. The first-order chi connectivity index (χ1) is 10.2. The topological polar surface area (TPSA) is 64.6 Å². The maximum Gasteiger partial charge on any atom is 0.331 e. The number of rotatable bonds is 7. The fourth-order valence-corrected chi connectivity index (χ4v) is 1.39. The molecule has 21 heavy (non-hydrogen) atoms. The maximum atomic E-state index is 11.4. The van der Waals surface area contributed by atoms with Crippen molar-refractivity contribution in [3.63, 3.8) is 0 Å². The van der Waals surface area contributed by atoms with Gasteiger partial charge in [-0.25, -0.2) is 4.79 Å². The summed E-state index contributed by atoms with van der Waals surface area (Å²) >= 11 is 0. The number of amides is 1. The lowest BCUT2D eigenvalue weighted by molar-refractivity contribution is -0.143. The van der Waals surface area contributed by atoms with E-state index in [2.05, 4.69) is 11.2 Å². The SMILES string of the molecule is C#CCNC(=O)COC(=O)/C=C/c1ccc(OCC)cc1. The van der Waals surface area contributed by atoms with Gasteiger partial charge in [-0.15, -0.1) is 6.42 Å². The number of esters is 1. The van der Waals surface area contributed by atoms with E-state index in [0.29, 0.717) is 6.61 Å². The highest BCUT2D eigenvalue weighted by atomic mass is 16.5. The minimum atomic E-state index is -0.597. The summed E-state index contributed by atoms with van der Waals surface area (Å²) in [6, 6.07) is 7.24. The number of carbonyl (C=O) groups is 2. The van der Waals surface area contributed by atoms with E-state index in [1.165, 1.54) is 6.08 Å². The van der Waals surface area contributed by atoms with Crippen LogP contribution in [0.25, 0.3) is 6.08 Å². The van der Waals surface area contributed by atoms with Gasteiger partial charge in [0.25, 0.3) is 5.91 Å². The lowest BCUT2D eigenvalue weighted by atomic mass is 10.2. The predicted molar refractivity (Wildman–Crippen MR) is 79.4 cm³/mol. The van der Waals surface area contributed by atoms with Crippen molar-refractivity contribution in [3.8, 4) is 18.1 Å². The van der Waals surface area contributed by atoms with E-state index >= 15 is 0 Å². The van der Waals surface area contributed by atoms with Crippen molar-refractivity contribution in [2.45, 2.75) is 6.92 Å². The van der Waals surface area contributed by atoms with Crippen LogP contribution in [0.2, 0.25) is 0 Å². The highest BCUT2D eigenvalue weighted by molar-refractivity contribution is 5.89. The van der Waals surface area contributed by atoms with Gasteiger partial charge in [-0.1, -0.05) is 18.1 Å². The average Bonchev–Trinajstić information content (AvgIpc) is 2.50. The van der Waals surface area contributed by atoms with Gasteiger partial charge in [0.2, 0.25) is 0 Å². The summed E-state index contributed by atoms with van der Waals surface area (Å²) in [5.41, 5.74) is 0.826. The highest BCUT2D eigenvalue weighted by Gasteiger charge is 2.03. The van der Waals surface area contributed by atoms with E-state index in [4.69, 9.17) is 15.9 Å². The Hall–Kier alpha value is -2.74. The molecule has 0 aliphatic rings. The number of nitrogens with one attached hydrogen (secondary N) is 1. The third kappa shape index (κ3) is 6.83. The van der Waals surface area contributed by atoms with Crippen LogP contribution in [0.4, 0.5) is 0 Å². The molecule has 5 nitrogen and oxygen atoms in total. The van der Waals surface area contributed by atoms with E-state index in [1.54, 1.807) is 6.08 Å². The first-order valence-corrected chi connectivity index (χ1v) is 6.43. The summed E-state index contributed by atoms with van der Waals surface area (Å²) < 4.78 is 10.1. The van der Waals surface area contributed by atoms with Crippen LogP contribution in [0.1, 0.15) is 12.5 Å². The molecule has 0 fully saturated rings. The minimum absolute atomic E-state index is 0.110. The third-order valence-corrected chi connectivity index (χ3v) is 2.34. The van der Waals surface area contributed by atoms with Crippen molar-refractivity contribution >= 4 is 18.0 Å². The first-order valence-electron chi connectivity index (χ1n) is 6.43. The number of benzene rings is 1. The van der Waals surface area contributed by atoms with Crippen LogP contribution in [0.15, 0.2) is 30.3 Å². The van der Waals surface area contributed by atoms with Crippen LogP contribution in [0.5, 0.6) is 5.75 Å². The molecule has 1 rings (SSSR count). The molecule has 0 atom stereocenters. The monoisotopic (exact) mass is 287 g/mol. The quantitative estimate of drug-likeness (QED) is 0.467. The summed E-state index contributed by atoms with van der Waals surface area (Å²) in [5, 5.41) is 2.39. The van der Waals surface area contributed by atoms with Crippen LogP contribution >= 0.6 is 0 Å². The number of hydrogen-bond acceptors (Lipinski definition) is 4. The molecule has 0 aliphatic heterocycles. The van der Waals surface area contributed by atoms with Crippen molar-refractivity contribution in [1.29, 1.82) is 0 Å². The van der Waals surface area contributed by atoms with Crippen LogP contribution in [0, 0.1) is 12.3 Å². The predicted octanol–water partition coefficient (Wildman–Crippen LogP) is 1.39. The Bertz CT molecular complexity index is 540. The zero-order valence-electron chi connectivity index (χ0n) is 11.8. The average molecular weight is 287 g/mol. The minimum Gasteiger partial charge on any atom is -0.494 e. The molecule has 0 spiro atoms. The Labute approximate surface area is 123 Å². The summed E-state index contributed by atoms with van der Waals surface area (Å²) in [7, 11) is 0. The van der Waals surface area contributed by atoms with E-state index in [9.17, 15) is 9.59 Å². The molecule has 0 aliphatic carbocycles. The molecule has 0 aromatic heterocycles. The molecule has 1 aromatic rings. The number of terminal acetylenes is 1.